The predicted octanol–water partition coefficient (Wildman–Crippen LogP) is 6.71. The van der Waals surface area contributed by atoms with Crippen LogP contribution in [0.4, 0.5) is 11.4 Å². The zero-order chi connectivity index (χ0) is 25.4. The molecular formula is C33H31KN2O. The molecule has 3 nitrogen and oxygen atoms in total. The van der Waals surface area contributed by atoms with Crippen molar-refractivity contribution in [3.8, 4) is 16.9 Å². The van der Waals surface area contributed by atoms with Crippen molar-refractivity contribution >= 4 is 32.9 Å². The molecule has 0 amide bonds. The number of azo groups is 1. The smallest absolute Gasteiger partial charge is 0.871 e. The third kappa shape index (κ3) is 5.45. The molecule has 0 N–H and O–H groups in total. The molecule has 0 aliphatic carbocycles. The third-order valence-corrected chi connectivity index (χ3v) is 6.85. The number of rotatable bonds is 5. The number of nitrogens with zero attached hydrogens (tertiary/aromatic N) is 2. The maximum Gasteiger partial charge on any atom is 1.00 e. The van der Waals surface area contributed by atoms with Crippen molar-refractivity contribution in [3.05, 3.63) is 102 Å². The summed E-state index contributed by atoms with van der Waals surface area (Å²) in [6.45, 7) is 10.7. The molecule has 0 saturated carbocycles. The third-order valence-electron chi connectivity index (χ3n) is 6.85. The molecule has 5 rings (SSSR count). The Morgan fingerprint density at radius 3 is 1.73 bits per heavy atom. The maximum atomic E-state index is 13.9. The second-order valence-electron chi connectivity index (χ2n) is 10.1. The summed E-state index contributed by atoms with van der Waals surface area (Å²) in [7, 11) is 0. The minimum atomic E-state index is -0.0982. The van der Waals surface area contributed by atoms with Gasteiger partial charge >= 0.3 is 51.4 Å². The van der Waals surface area contributed by atoms with Crippen LogP contribution in [0.2, 0.25) is 0 Å². The Morgan fingerprint density at radius 1 is 0.649 bits per heavy atom. The van der Waals surface area contributed by atoms with Crippen LogP contribution >= 0.6 is 0 Å². The summed E-state index contributed by atoms with van der Waals surface area (Å²) < 4.78 is 0. The quantitative estimate of drug-likeness (QED) is 0.147. The van der Waals surface area contributed by atoms with E-state index < -0.39 is 0 Å². The van der Waals surface area contributed by atoms with Crippen molar-refractivity contribution in [2.24, 2.45) is 10.2 Å². The van der Waals surface area contributed by atoms with E-state index in [1.807, 2.05) is 43.3 Å². The van der Waals surface area contributed by atoms with Gasteiger partial charge in [0.25, 0.3) is 0 Å². The van der Waals surface area contributed by atoms with E-state index in [4.69, 9.17) is 5.11 Å². The zero-order valence-electron chi connectivity index (χ0n) is 22.5. The van der Waals surface area contributed by atoms with E-state index in [1.54, 1.807) is 0 Å². The molecule has 0 bridgehead atoms. The van der Waals surface area contributed by atoms with Gasteiger partial charge in [-0.05, 0) is 80.3 Å². The number of hydrogen-bond acceptors (Lipinski definition) is 3. The fraction of sp³-hybridized carbons (Fsp3) is 0.212. The minimum Gasteiger partial charge on any atom is -0.871 e. The average molecular weight is 511 g/mol. The first-order valence-electron chi connectivity index (χ1n) is 12.6. The van der Waals surface area contributed by atoms with Crippen LogP contribution in [0.15, 0.2) is 95.2 Å². The van der Waals surface area contributed by atoms with Crippen LogP contribution in [0.3, 0.4) is 0 Å². The summed E-state index contributed by atoms with van der Waals surface area (Å²) in [6, 6.07) is 28.8. The molecule has 0 spiro atoms. The van der Waals surface area contributed by atoms with Gasteiger partial charge in [0.05, 0.1) is 11.4 Å². The van der Waals surface area contributed by atoms with Crippen molar-refractivity contribution < 1.29 is 56.5 Å². The molecule has 0 unspecified atom stereocenters. The first kappa shape index (κ1) is 27.7. The van der Waals surface area contributed by atoms with Gasteiger partial charge in [0.15, 0.2) is 0 Å². The molecule has 0 heterocycles. The van der Waals surface area contributed by atoms with Crippen LogP contribution < -0.4 is 56.5 Å². The Hall–Kier alpha value is -2.34. The van der Waals surface area contributed by atoms with Gasteiger partial charge in [-0.15, -0.1) is 5.11 Å². The summed E-state index contributed by atoms with van der Waals surface area (Å²) in [5.41, 5.74) is 6.14. The van der Waals surface area contributed by atoms with Crippen LogP contribution in [-0.2, 0) is 0 Å². The standard InChI is InChI=1S/C33H32N2O.K/c1-20(2)25-15-10-16-26(21(3)4)32(25)35-34-30-18-22(5)17-29(33(30)36)31-27-13-8-6-11-23(27)19-24-12-7-9-14-28(24)31;/h6-21,36H,1-5H3;/q;+1/p-1. The summed E-state index contributed by atoms with van der Waals surface area (Å²) in [4.78, 5) is 0. The summed E-state index contributed by atoms with van der Waals surface area (Å²) in [6.07, 6.45) is 0. The fourth-order valence-corrected chi connectivity index (χ4v) is 5.05. The maximum absolute atomic E-state index is 13.9. The molecule has 5 aromatic rings. The van der Waals surface area contributed by atoms with Crippen molar-refractivity contribution in [2.45, 2.75) is 46.5 Å². The Kier molecular flexibility index (Phi) is 8.67. The predicted molar refractivity (Wildman–Crippen MR) is 150 cm³/mol. The molecular weight excluding hydrogens is 479 g/mol. The fourth-order valence-electron chi connectivity index (χ4n) is 5.05. The van der Waals surface area contributed by atoms with Gasteiger partial charge in [0, 0.05) is 0 Å². The second kappa shape index (κ2) is 11.6. The van der Waals surface area contributed by atoms with E-state index in [2.05, 4.69) is 81.3 Å². The van der Waals surface area contributed by atoms with Crippen LogP contribution in [0.25, 0.3) is 32.7 Å². The van der Waals surface area contributed by atoms with E-state index in [9.17, 15) is 5.11 Å². The van der Waals surface area contributed by atoms with E-state index in [1.165, 1.54) is 0 Å². The molecule has 0 aliphatic rings. The summed E-state index contributed by atoms with van der Waals surface area (Å²) >= 11 is 0. The monoisotopic (exact) mass is 510 g/mol. The van der Waals surface area contributed by atoms with E-state index in [-0.39, 0.29) is 57.1 Å². The van der Waals surface area contributed by atoms with E-state index in [0.29, 0.717) is 23.1 Å². The van der Waals surface area contributed by atoms with Crippen LogP contribution in [0.1, 0.15) is 56.2 Å². The van der Waals surface area contributed by atoms with Crippen molar-refractivity contribution in [3.63, 3.8) is 0 Å². The molecule has 0 radical (unpaired) electrons. The first-order valence-corrected chi connectivity index (χ1v) is 12.6. The topological polar surface area (TPSA) is 47.8 Å². The van der Waals surface area contributed by atoms with Gasteiger partial charge in [-0.25, -0.2) is 0 Å². The Labute approximate surface area is 262 Å². The van der Waals surface area contributed by atoms with Gasteiger partial charge in [-0.3, -0.25) is 0 Å². The van der Waals surface area contributed by atoms with Gasteiger partial charge in [0.2, 0.25) is 0 Å². The zero-order valence-corrected chi connectivity index (χ0v) is 25.7. The molecule has 37 heavy (non-hydrogen) atoms. The number of fused-ring (bicyclic) bond motifs is 2. The molecule has 4 heteroatoms. The van der Waals surface area contributed by atoms with Gasteiger partial charge in [-0.1, -0.05) is 106 Å². The molecule has 180 valence electrons. The summed E-state index contributed by atoms with van der Waals surface area (Å²) in [5, 5.41) is 27.6. The van der Waals surface area contributed by atoms with Crippen molar-refractivity contribution in [1.29, 1.82) is 0 Å². The van der Waals surface area contributed by atoms with E-state index in [0.717, 1.165) is 49.5 Å². The Morgan fingerprint density at radius 2 is 1.19 bits per heavy atom. The van der Waals surface area contributed by atoms with Gasteiger partial charge in [-0.2, -0.15) is 5.11 Å². The van der Waals surface area contributed by atoms with Crippen molar-refractivity contribution in [1.82, 2.24) is 0 Å². The van der Waals surface area contributed by atoms with Gasteiger partial charge in [0.1, 0.15) is 0 Å². The van der Waals surface area contributed by atoms with Crippen molar-refractivity contribution in [2.75, 3.05) is 0 Å². The Balaban J connectivity index is 0.00000320. The number of hydrogen-bond donors (Lipinski definition) is 0. The number of aryl methyl sites for hydroxylation is 1. The van der Waals surface area contributed by atoms with Gasteiger partial charge < -0.3 is 5.11 Å². The first-order chi connectivity index (χ1) is 17.3. The molecule has 0 atom stereocenters. The Bertz CT molecular complexity index is 1540. The SMILES string of the molecule is Cc1cc(N=Nc2c(C(C)C)cccc2C(C)C)c([O-])c(-c2c3ccccc3cc3ccccc23)c1.[K+]. The van der Waals surface area contributed by atoms with Crippen LogP contribution in [0.5, 0.6) is 5.75 Å². The second-order valence-corrected chi connectivity index (χ2v) is 10.1. The molecule has 0 saturated heterocycles. The minimum absolute atomic E-state index is 0. The summed E-state index contributed by atoms with van der Waals surface area (Å²) in [5.74, 6) is 0.512. The average Bonchev–Trinajstić information content (AvgIpc) is 2.87. The molecule has 0 aromatic heterocycles. The molecule has 5 aromatic carbocycles. The van der Waals surface area contributed by atoms with Crippen LogP contribution in [0, 0.1) is 6.92 Å². The van der Waals surface area contributed by atoms with Crippen LogP contribution in [-0.4, -0.2) is 0 Å². The van der Waals surface area contributed by atoms with E-state index >= 15 is 0 Å². The largest absolute Gasteiger partial charge is 1.00 e. The molecule has 0 aliphatic heterocycles. The number of benzene rings is 5. The molecule has 0 fully saturated rings. The normalized spacial score (nSPS) is 11.6.